The highest BCUT2D eigenvalue weighted by molar-refractivity contribution is 5.90. The van der Waals surface area contributed by atoms with Gasteiger partial charge in [0.1, 0.15) is 29.6 Å². The zero-order valence-electron chi connectivity index (χ0n) is 38.0. The second-order valence-electron chi connectivity index (χ2n) is 13.8. The van der Waals surface area contributed by atoms with Crippen molar-refractivity contribution in [2.24, 2.45) is 0 Å². The summed E-state index contributed by atoms with van der Waals surface area (Å²) in [5, 5.41) is 18.6. The average molecular weight is 907 g/mol. The number of nitrogen functional groups attached to an aromatic ring is 1. The Hall–Kier alpha value is -6.30. The molecule has 0 fully saturated rings. The molecule has 0 atom stereocenters. The van der Waals surface area contributed by atoms with E-state index in [0.29, 0.717) is 54.2 Å². The van der Waals surface area contributed by atoms with Crippen molar-refractivity contribution in [2.75, 3.05) is 93.4 Å². The number of aliphatic hydroxyl groups excluding tert-OH is 1. The maximum Gasteiger partial charge on any atom is 0.411 e. The predicted octanol–water partition coefficient (Wildman–Crippen LogP) is 9.13. The molecule has 4 aromatic carbocycles. The Balaban J connectivity index is 0.000000316. The van der Waals surface area contributed by atoms with Crippen LogP contribution in [0.5, 0.6) is 23.0 Å². The first kappa shape index (κ1) is 52.0. The third-order valence-corrected chi connectivity index (χ3v) is 9.82. The molecule has 2 aromatic heterocycles. The summed E-state index contributed by atoms with van der Waals surface area (Å²) < 4.78 is 52.5. The molecule has 1 amide bonds. The first-order chi connectivity index (χ1) is 30.4. The first-order valence-corrected chi connectivity index (χ1v) is 19.9. The number of nitrogens with two attached hydrogens (primary N) is 1. The van der Waals surface area contributed by atoms with Crippen molar-refractivity contribution in [3.8, 4) is 67.9 Å². The van der Waals surface area contributed by atoms with E-state index in [-0.39, 0.29) is 32.2 Å². The molecule has 0 spiro atoms. The van der Waals surface area contributed by atoms with Crippen molar-refractivity contribution in [3.05, 3.63) is 95.3 Å². The molecule has 0 bridgehead atoms. The van der Waals surface area contributed by atoms with Crippen molar-refractivity contribution >= 4 is 29.9 Å². The third-order valence-electron chi connectivity index (χ3n) is 9.82. The smallest absolute Gasteiger partial charge is 0.411 e. The van der Waals surface area contributed by atoms with Gasteiger partial charge in [-0.15, -0.1) is 12.4 Å². The Morgan fingerprint density at radius 3 is 1.55 bits per heavy atom. The van der Waals surface area contributed by atoms with E-state index < -0.39 is 6.09 Å². The van der Waals surface area contributed by atoms with Crippen LogP contribution < -0.4 is 30.0 Å². The van der Waals surface area contributed by atoms with Crippen LogP contribution in [0.15, 0.2) is 82.1 Å². The van der Waals surface area contributed by atoms with Gasteiger partial charge >= 0.3 is 6.09 Å². The normalized spacial score (nSPS) is 10.4. The fraction of sp³-hybridized carbons (Fsp3) is 0.340. The molecule has 0 aliphatic heterocycles. The number of rotatable bonds is 17. The van der Waals surface area contributed by atoms with E-state index in [1.807, 2.05) is 70.2 Å². The lowest BCUT2D eigenvalue weighted by molar-refractivity contribution is 0.0447. The van der Waals surface area contributed by atoms with Gasteiger partial charge in [-0.1, -0.05) is 22.4 Å². The summed E-state index contributed by atoms with van der Waals surface area (Å²) in [5.41, 5.74) is 16.5. The van der Waals surface area contributed by atoms with Gasteiger partial charge in [0, 0.05) is 36.5 Å². The predicted molar refractivity (Wildman–Crippen MR) is 248 cm³/mol. The van der Waals surface area contributed by atoms with Gasteiger partial charge in [0.05, 0.1) is 85.2 Å². The zero-order chi connectivity index (χ0) is 45.9. The molecule has 346 valence electrons. The largest absolute Gasteiger partial charge is 0.496 e. The van der Waals surface area contributed by atoms with Crippen molar-refractivity contribution in [2.45, 2.75) is 27.7 Å². The van der Waals surface area contributed by atoms with Gasteiger partial charge in [-0.2, -0.15) is 0 Å². The number of aromatic nitrogens is 2. The summed E-state index contributed by atoms with van der Waals surface area (Å²) in [5.74, 6) is 3.99. The maximum atomic E-state index is 12.3. The molecule has 0 saturated carbocycles. The second kappa shape index (κ2) is 26.4. The van der Waals surface area contributed by atoms with Crippen molar-refractivity contribution in [1.29, 1.82) is 0 Å². The molecule has 6 aromatic rings. The lowest BCUT2D eigenvalue weighted by Crippen LogP contribution is -2.18. The number of ether oxygens (including phenoxy) is 8. The lowest BCUT2D eigenvalue weighted by atomic mass is 9.98. The van der Waals surface area contributed by atoms with Crippen molar-refractivity contribution in [1.82, 2.24) is 10.3 Å². The van der Waals surface area contributed by atoms with Crippen LogP contribution in [0.1, 0.15) is 22.3 Å². The van der Waals surface area contributed by atoms with Crippen LogP contribution in [0.25, 0.3) is 44.9 Å². The molecule has 16 nitrogen and oxygen atoms in total. The van der Waals surface area contributed by atoms with Crippen molar-refractivity contribution < 1.29 is 56.8 Å². The highest BCUT2D eigenvalue weighted by atomic mass is 35.5. The Kier molecular flexibility index (Phi) is 21.4. The molecule has 0 aliphatic carbocycles. The Bertz CT molecular complexity index is 2380. The van der Waals surface area contributed by atoms with Crippen LogP contribution in [-0.2, 0) is 18.9 Å². The molecule has 0 radical (unpaired) electrons. The van der Waals surface area contributed by atoms with Gasteiger partial charge in [0.2, 0.25) is 0 Å². The topological polar surface area (TPSA) is 201 Å². The number of nitrogens with zero attached hydrogens (tertiary/aromatic N) is 2. The highest BCUT2D eigenvalue weighted by Crippen LogP contribution is 2.40. The maximum absolute atomic E-state index is 12.3. The fourth-order valence-corrected chi connectivity index (χ4v) is 6.20. The Morgan fingerprint density at radius 2 is 1.09 bits per heavy atom. The molecule has 6 rings (SSSR count). The third kappa shape index (κ3) is 13.8. The van der Waals surface area contributed by atoms with Gasteiger partial charge in [0.15, 0.2) is 11.5 Å². The molecule has 2 heterocycles. The standard InChI is InChI=1S/C25H30N2O7.C19H20N2O3.C3H8O2.ClH/c1-16-12-19(14-23(31-5)17(16)2)24-20(15-26-34-24)18-6-7-22(30-4)21(13-18)27-25(28)33-11-10-32-9-8-29-3;1-11-7-14(9-18(23-4)12(11)2)19-15(10-21-24-19)13-5-6-17(22-3)16(20)8-13;1-5-3-2-4;/h6-7,12-15H,8-11H2,1-5H3,(H,27,28);5-10H,20H2,1-4H3;4H,2-3H2,1H3;1H. The van der Waals surface area contributed by atoms with Gasteiger partial charge in [-0.25, -0.2) is 4.79 Å². The molecular formula is C47H59ClN4O12. The minimum atomic E-state index is -0.616. The minimum Gasteiger partial charge on any atom is -0.496 e. The van der Waals surface area contributed by atoms with Gasteiger partial charge in [-0.3, -0.25) is 5.32 Å². The highest BCUT2D eigenvalue weighted by Gasteiger charge is 2.19. The second-order valence-corrected chi connectivity index (χ2v) is 13.8. The van der Waals surface area contributed by atoms with Crippen LogP contribution in [0, 0.1) is 27.7 Å². The number of aryl methyl sites for hydroxylation is 2. The first-order valence-electron chi connectivity index (χ1n) is 19.9. The van der Waals surface area contributed by atoms with E-state index in [9.17, 15) is 4.79 Å². The van der Waals surface area contributed by atoms with Gasteiger partial charge in [0.25, 0.3) is 0 Å². The van der Waals surface area contributed by atoms with E-state index in [1.54, 1.807) is 60.1 Å². The van der Waals surface area contributed by atoms with Gasteiger partial charge in [-0.05, 0) is 110 Å². The fourth-order valence-electron chi connectivity index (χ4n) is 6.20. The van der Waals surface area contributed by atoms with E-state index >= 15 is 0 Å². The molecule has 4 N–H and O–H groups in total. The summed E-state index contributed by atoms with van der Waals surface area (Å²) in [6, 6.07) is 19.0. The summed E-state index contributed by atoms with van der Waals surface area (Å²) in [6.07, 6.45) is 2.71. The zero-order valence-corrected chi connectivity index (χ0v) is 38.8. The molecule has 0 aliphatic rings. The van der Waals surface area contributed by atoms with E-state index in [0.717, 1.165) is 67.1 Å². The van der Waals surface area contributed by atoms with Crippen LogP contribution in [-0.4, -0.2) is 104 Å². The molecule has 0 saturated heterocycles. The van der Waals surface area contributed by atoms with Crippen molar-refractivity contribution in [3.63, 3.8) is 0 Å². The summed E-state index contributed by atoms with van der Waals surface area (Å²) in [4.78, 5) is 12.3. The number of hydrogen-bond donors (Lipinski definition) is 3. The number of hydrogen-bond acceptors (Lipinski definition) is 15. The average Bonchev–Trinajstić information content (AvgIpc) is 3.99. The molecule has 17 heteroatoms. The number of benzene rings is 4. The van der Waals surface area contributed by atoms with Crippen LogP contribution >= 0.6 is 12.4 Å². The number of carbonyl (C=O) groups is 1. The van der Waals surface area contributed by atoms with Crippen LogP contribution in [0.2, 0.25) is 0 Å². The Labute approximate surface area is 380 Å². The van der Waals surface area contributed by atoms with E-state index in [2.05, 4.69) is 26.4 Å². The molecular weight excluding hydrogens is 848 g/mol. The van der Waals surface area contributed by atoms with Crippen LogP contribution in [0.4, 0.5) is 16.2 Å². The van der Waals surface area contributed by atoms with Crippen LogP contribution in [0.3, 0.4) is 0 Å². The van der Waals surface area contributed by atoms with Gasteiger partial charge < -0.3 is 57.8 Å². The quantitative estimate of drug-likeness (QED) is 0.0577. The number of nitrogens with one attached hydrogen (secondary N) is 1. The number of halogens is 1. The SMILES string of the molecule is COCCO.COCCOCCOC(=O)Nc1cc(-c2cnoc2-c2cc(C)c(C)c(OC)c2)ccc1OC.COc1ccc(-c2cnoc2-c2cc(C)c(C)c(OC)c2)cc1N.Cl. The number of amides is 1. The van der Waals surface area contributed by atoms with E-state index in [4.69, 9.17) is 53.0 Å². The minimum absolute atomic E-state index is 0. The number of anilines is 2. The lowest BCUT2D eigenvalue weighted by Gasteiger charge is -2.13. The summed E-state index contributed by atoms with van der Waals surface area (Å²) in [7, 11) is 9.57. The number of aliphatic hydroxyl groups is 1. The Morgan fingerprint density at radius 1 is 0.609 bits per heavy atom. The molecule has 0 unspecified atom stereocenters. The monoisotopic (exact) mass is 906 g/mol. The number of carbonyl (C=O) groups excluding carboxylic acids is 1. The van der Waals surface area contributed by atoms with E-state index in [1.165, 1.54) is 7.11 Å². The molecule has 64 heavy (non-hydrogen) atoms. The summed E-state index contributed by atoms with van der Waals surface area (Å²) >= 11 is 0. The number of methoxy groups -OCH3 is 6. The summed E-state index contributed by atoms with van der Waals surface area (Å²) in [6.45, 7) is 9.97.